The van der Waals surface area contributed by atoms with Crippen LogP contribution in [0.25, 0.3) is 0 Å². The molecule has 1 saturated heterocycles. The predicted molar refractivity (Wildman–Crippen MR) is 53.9 cm³/mol. The van der Waals surface area contributed by atoms with E-state index >= 15 is 0 Å². The standard InChI is InChI=1S/C10H13F2NO4/c1-6(2)4-17-9(16)13-5-10(11,12)3-7(13)8(14)15/h7H,1,3-5H2,2H3,(H,14,15)/t7-/m0/s1. The number of hydrogen-bond donors (Lipinski definition) is 1. The molecular formula is C10H13F2NO4. The first-order chi connectivity index (χ1) is 7.73. The summed E-state index contributed by atoms with van der Waals surface area (Å²) in [5, 5.41) is 8.74. The van der Waals surface area contributed by atoms with Crippen molar-refractivity contribution < 1.29 is 28.2 Å². The average Bonchev–Trinajstić information content (AvgIpc) is 2.51. The zero-order valence-corrected chi connectivity index (χ0v) is 9.28. The van der Waals surface area contributed by atoms with Gasteiger partial charge >= 0.3 is 12.1 Å². The molecular weight excluding hydrogens is 236 g/mol. The molecule has 7 heteroatoms. The molecule has 1 N–H and O–H groups in total. The highest BCUT2D eigenvalue weighted by atomic mass is 19.3. The number of ether oxygens (including phenoxy) is 1. The Hall–Kier alpha value is -1.66. The van der Waals surface area contributed by atoms with E-state index in [-0.39, 0.29) is 6.61 Å². The minimum Gasteiger partial charge on any atom is -0.480 e. The van der Waals surface area contributed by atoms with Crippen molar-refractivity contribution in [2.45, 2.75) is 25.3 Å². The number of alkyl halides is 2. The summed E-state index contributed by atoms with van der Waals surface area (Å²) in [4.78, 5) is 22.7. The van der Waals surface area contributed by atoms with Gasteiger partial charge < -0.3 is 9.84 Å². The molecule has 0 aromatic heterocycles. The van der Waals surface area contributed by atoms with Crippen molar-refractivity contribution in [2.24, 2.45) is 0 Å². The fraction of sp³-hybridized carbons (Fsp3) is 0.600. The normalized spacial score (nSPS) is 22.3. The van der Waals surface area contributed by atoms with E-state index in [1.54, 1.807) is 6.92 Å². The number of carboxylic acids is 1. The van der Waals surface area contributed by atoms with Gasteiger partial charge in [0.25, 0.3) is 5.92 Å². The van der Waals surface area contributed by atoms with Gasteiger partial charge in [-0.3, -0.25) is 4.90 Å². The molecule has 0 aliphatic carbocycles. The molecule has 96 valence electrons. The van der Waals surface area contributed by atoms with Gasteiger partial charge in [-0.1, -0.05) is 6.58 Å². The molecule has 1 aliphatic rings. The number of carboxylic acid groups (broad SMARTS) is 1. The van der Waals surface area contributed by atoms with Crippen molar-refractivity contribution in [3.8, 4) is 0 Å². The van der Waals surface area contributed by atoms with Crippen molar-refractivity contribution in [3.05, 3.63) is 12.2 Å². The van der Waals surface area contributed by atoms with E-state index < -0.39 is 37.0 Å². The Bertz CT molecular complexity index is 356. The van der Waals surface area contributed by atoms with Crippen molar-refractivity contribution >= 4 is 12.1 Å². The molecule has 1 amide bonds. The van der Waals surface area contributed by atoms with Crippen LogP contribution in [0.15, 0.2) is 12.2 Å². The molecule has 1 fully saturated rings. The van der Waals surface area contributed by atoms with Gasteiger partial charge in [-0.15, -0.1) is 0 Å². The number of hydrogen-bond acceptors (Lipinski definition) is 3. The van der Waals surface area contributed by atoms with Gasteiger partial charge in [0.05, 0.1) is 6.54 Å². The number of carbonyl (C=O) groups excluding carboxylic acids is 1. The van der Waals surface area contributed by atoms with Crippen LogP contribution in [0.4, 0.5) is 13.6 Å². The smallest absolute Gasteiger partial charge is 0.411 e. The highest BCUT2D eigenvalue weighted by Gasteiger charge is 2.50. The highest BCUT2D eigenvalue weighted by Crippen LogP contribution is 2.32. The van der Waals surface area contributed by atoms with Gasteiger partial charge in [0.2, 0.25) is 0 Å². The predicted octanol–water partition coefficient (Wildman–Crippen LogP) is 1.49. The van der Waals surface area contributed by atoms with Crippen LogP contribution in [-0.4, -0.2) is 47.2 Å². The molecule has 1 heterocycles. The number of halogens is 2. The van der Waals surface area contributed by atoms with Crippen LogP contribution in [0.2, 0.25) is 0 Å². The monoisotopic (exact) mass is 249 g/mol. The average molecular weight is 249 g/mol. The molecule has 0 bridgehead atoms. The van der Waals surface area contributed by atoms with Crippen LogP contribution in [0.1, 0.15) is 13.3 Å². The molecule has 0 unspecified atom stereocenters. The maximum Gasteiger partial charge on any atom is 0.411 e. The fourth-order valence-corrected chi connectivity index (χ4v) is 1.50. The van der Waals surface area contributed by atoms with Gasteiger partial charge in [0.1, 0.15) is 12.6 Å². The fourth-order valence-electron chi connectivity index (χ4n) is 1.50. The van der Waals surface area contributed by atoms with Gasteiger partial charge in [0, 0.05) is 6.42 Å². The Kier molecular flexibility index (Phi) is 3.69. The number of carbonyl (C=O) groups is 2. The Balaban J connectivity index is 2.70. The second kappa shape index (κ2) is 4.68. The molecule has 0 radical (unpaired) electrons. The van der Waals surface area contributed by atoms with E-state index in [2.05, 4.69) is 11.3 Å². The number of aliphatic carboxylic acids is 1. The first kappa shape index (κ1) is 13.4. The highest BCUT2D eigenvalue weighted by molar-refractivity contribution is 5.81. The number of amides is 1. The van der Waals surface area contributed by atoms with Crippen LogP contribution >= 0.6 is 0 Å². The third-order valence-corrected chi connectivity index (χ3v) is 2.23. The molecule has 0 spiro atoms. The first-order valence-electron chi connectivity index (χ1n) is 4.91. The van der Waals surface area contributed by atoms with E-state index in [1.807, 2.05) is 0 Å². The summed E-state index contributed by atoms with van der Waals surface area (Å²) in [5.41, 5.74) is 0.538. The molecule has 5 nitrogen and oxygen atoms in total. The summed E-state index contributed by atoms with van der Waals surface area (Å²) in [6, 6.07) is -1.54. The van der Waals surface area contributed by atoms with E-state index in [1.165, 1.54) is 0 Å². The summed E-state index contributed by atoms with van der Waals surface area (Å²) >= 11 is 0. The second-order valence-corrected chi connectivity index (χ2v) is 4.05. The first-order valence-corrected chi connectivity index (χ1v) is 4.91. The van der Waals surface area contributed by atoms with Crippen LogP contribution < -0.4 is 0 Å². The molecule has 1 atom stereocenters. The summed E-state index contributed by atoms with van der Waals surface area (Å²) in [6.07, 6.45) is -1.94. The zero-order chi connectivity index (χ0) is 13.2. The lowest BCUT2D eigenvalue weighted by molar-refractivity contribution is -0.142. The van der Waals surface area contributed by atoms with E-state index in [0.717, 1.165) is 0 Å². The molecule has 1 rings (SSSR count). The van der Waals surface area contributed by atoms with Crippen molar-refractivity contribution in [1.82, 2.24) is 4.90 Å². The third-order valence-electron chi connectivity index (χ3n) is 2.23. The Morgan fingerprint density at radius 2 is 2.18 bits per heavy atom. The minimum atomic E-state index is -3.19. The second-order valence-electron chi connectivity index (χ2n) is 4.05. The van der Waals surface area contributed by atoms with Crippen LogP contribution in [0.3, 0.4) is 0 Å². The van der Waals surface area contributed by atoms with Gasteiger partial charge in [-0.2, -0.15) is 0 Å². The number of nitrogens with zero attached hydrogens (tertiary/aromatic N) is 1. The lowest BCUT2D eigenvalue weighted by atomic mass is 10.2. The molecule has 0 saturated carbocycles. The maximum atomic E-state index is 13.0. The van der Waals surface area contributed by atoms with E-state index in [4.69, 9.17) is 5.11 Å². The molecule has 17 heavy (non-hydrogen) atoms. The SMILES string of the molecule is C=C(C)COC(=O)N1CC(F)(F)C[C@H]1C(=O)O. The summed E-state index contributed by atoms with van der Waals surface area (Å²) in [5.74, 6) is -4.65. The lowest BCUT2D eigenvalue weighted by Crippen LogP contribution is -2.41. The van der Waals surface area contributed by atoms with Crippen LogP contribution in [0, 0.1) is 0 Å². The third kappa shape index (κ3) is 3.40. The largest absolute Gasteiger partial charge is 0.480 e. The van der Waals surface area contributed by atoms with Gasteiger partial charge in [0.15, 0.2) is 0 Å². The topological polar surface area (TPSA) is 66.8 Å². The quantitative estimate of drug-likeness (QED) is 0.769. The number of likely N-dealkylation sites (tertiary alicyclic amines) is 1. The van der Waals surface area contributed by atoms with Gasteiger partial charge in [-0.25, -0.2) is 18.4 Å². The van der Waals surface area contributed by atoms with Crippen LogP contribution in [-0.2, 0) is 9.53 Å². The number of rotatable bonds is 3. The summed E-state index contributed by atoms with van der Waals surface area (Å²) < 4.78 is 30.7. The van der Waals surface area contributed by atoms with Crippen molar-refractivity contribution in [3.63, 3.8) is 0 Å². The van der Waals surface area contributed by atoms with Crippen LogP contribution in [0.5, 0.6) is 0 Å². The van der Waals surface area contributed by atoms with E-state index in [9.17, 15) is 18.4 Å². The minimum absolute atomic E-state index is 0.118. The Morgan fingerprint density at radius 1 is 1.59 bits per heavy atom. The maximum absolute atomic E-state index is 13.0. The summed E-state index contributed by atoms with van der Waals surface area (Å²) in [6.45, 7) is 4.02. The van der Waals surface area contributed by atoms with Gasteiger partial charge in [-0.05, 0) is 12.5 Å². The molecule has 0 aromatic carbocycles. The molecule has 0 aromatic rings. The Labute approximate surface area is 96.7 Å². The lowest BCUT2D eigenvalue weighted by Gasteiger charge is -2.20. The van der Waals surface area contributed by atoms with Crippen molar-refractivity contribution in [1.29, 1.82) is 0 Å². The Morgan fingerprint density at radius 3 is 2.65 bits per heavy atom. The summed E-state index contributed by atoms with van der Waals surface area (Å²) in [7, 11) is 0. The van der Waals surface area contributed by atoms with E-state index in [0.29, 0.717) is 10.5 Å². The molecule has 1 aliphatic heterocycles. The zero-order valence-electron chi connectivity index (χ0n) is 9.28. The van der Waals surface area contributed by atoms with Crippen molar-refractivity contribution in [2.75, 3.05) is 13.2 Å².